The molecule has 29 heavy (non-hydrogen) atoms. The van der Waals surface area contributed by atoms with E-state index >= 15 is 0 Å². The van der Waals surface area contributed by atoms with Gasteiger partial charge in [0.05, 0.1) is 16.6 Å². The Labute approximate surface area is 180 Å². The lowest BCUT2D eigenvalue weighted by Crippen LogP contribution is -2.27. The van der Waals surface area contributed by atoms with E-state index in [0.29, 0.717) is 35.6 Å². The van der Waals surface area contributed by atoms with Crippen LogP contribution in [0.3, 0.4) is 0 Å². The van der Waals surface area contributed by atoms with Crippen LogP contribution in [0.5, 0.6) is 0 Å². The zero-order valence-electron chi connectivity index (χ0n) is 16.4. The molecule has 7 heteroatoms. The van der Waals surface area contributed by atoms with Gasteiger partial charge in [0.15, 0.2) is 5.69 Å². The SMILES string of the molecule is CCNC(=O)c1coc(CN(Cc2ccc(Cl)c(Cl)c2)[C@H](C)c2ccccc2)n1. The summed E-state index contributed by atoms with van der Waals surface area (Å²) in [6, 6.07) is 15.9. The first-order valence-electron chi connectivity index (χ1n) is 9.43. The molecule has 0 aliphatic rings. The van der Waals surface area contributed by atoms with Crippen molar-refractivity contribution in [2.75, 3.05) is 6.54 Å². The van der Waals surface area contributed by atoms with Gasteiger partial charge in [-0.2, -0.15) is 0 Å². The van der Waals surface area contributed by atoms with Crippen LogP contribution in [0.1, 0.15) is 47.4 Å². The molecule has 1 aromatic heterocycles. The monoisotopic (exact) mass is 431 g/mol. The molecular formula is C22H23Cl2N3O2. The highest BCUT2D eigenvalue weighted by molar-refractivity contribution is 6.42. The minimum absolute atomic E-state index is 0.0884. The lowest BCUT2D eigenvalue weighted by Gasteiger charge is -2.28. The van der Waals surface area contributed by atoms with Crippen molar-refractivity contribution in [3.05, 3.63) is 87.6 Å². The molecule has 1 N–H and O–H groups in total. The number of hydrogen-bond donors (Lipinski definition) is 1. The number of amides is 1. The molecule has 5 nitrogen and oxygen atoms in total. The highest BCUT2D eigenvalue weighted by atomic mass is 35.5. The van der Waals surface area contributed by atoms with Crippen molar-refractivity contribution in [2.24, 2.45) is 0 Å². The van der Waals surface area contributed by atoms with E-state index < -0.39 is 0 Å². The topological polar surface area (TPSA) is 58.4 Å². The maximum Gasteiger partial charge on any atom is 0.273 e. The van der Waals surface area contributed by atoms with Gasteiger partial charge in [0.25, 0.3) is 5.91 Å². The summed E-state index contributed by atoms with van der Waals surface area (Å²) in [7, 11) is 0. The van der Waals surface area contributed by atoms with Crippen LogP contribution < -0.4 is 5.32 Å². The first-order valence-corrected chi connectivity index (χ1v) is 10.2. The number of carbonyl (C=O) groups excluding carboxylic acids is 1. The third-order valence-electron chi connectivity index (χ3n) is 4.66. The van der Waals surface area contributed by atoms with E-state index in [2.05, 4.69) is 34.3 Å². The van der Waals surface area contributed by atoms with Crippen LogP contribution in [0, 0.1) is 0 Å². The Morgan fingerprint density at radius 3 is 2.59 bits per heavy atom. The molecule has 0 radical (unpaired) electrons. The van der Waals surface area contributed by atoms with Crippen LogP contribution in [0.25, 0.3) is 0 Å². The number of carbonyl (C=O) groups is 1. The summed E-state index contributed by atoms with van der Waals surface area (Å²) in [4.78, 5) is 18.5. The molecule has 152 valence electrons. The molecule has 0 saturated carbocycles. The lowest BCUT2D eigenvalue weighted by molar-refractivity contribution is 0.0950. The van der Waals surface area contributed by atoms with Crippen molar-refractivity contribution in [1.29, 1.82) is 0 Å². The number of rotatable bonds is 8. The molecule has 2 aromatic carbocycles. The number of nitrogens with zero attached hydrogens (tertiary/aromatic N) is 2. The maximum absolute atomic E-state index is 12.0. The van der Waals surface area contributed by atoms with Crippen molar-refractivity contribution < 1.29 is 9.21 Å². The Bertz CT molecular complexity index is 960. The molecule has 0 spiro atoms. The normalized spacial score (nSPS) is 12.2. The van der Waals surface area contributed by atoms with Gasteiger partial charge < -0.3 is 9.73 Å². The van der Waals surface area contributed by atoms with Gasteiger partial charge in [-0.05, 0) is 37.1 Å². The first-order chi connectivity index (χ1) is 14.0. The highest BCUT2D eigenvalue weighted by Gasteiger charge is 2.20. The van der Waals surface area contributed by atoms with Crippen LogP contribution in [-0.2, 0) is 13.1 Å². The standard InChI is InChI=1S/C22H23Cl2N3O2/c1-3-25-22(28)20-14-29-21(26-20)13-27(15(2)17-7-5-4-6-8-17)12-16-9-10-18(23)19(24)11-16/h4-11,14-15H,3,12-13H2,1-2H3,(H,25,28)/t15-/m1/s1. The van der Waals surface area contributed by atoms with Gasteiger partial charge in [-0.25, -0.2) is 4.98 Å². The van der Waals surface area contributed by atoms with Crippen molar-refractivity contribution in [2.45, 2.75) is 33.0 Å². The summed E-state index contributed by atoms with van der Waals surface area (Å²) in [6.07, 6.45) is 1.39. The van der Waals surface area contributed by atoms with E-state index in [1.54, 1.807) is 6.07 Å². The molecule has 0 aliphatic carbocycles. The largest absolute Gasteiger partial charge is 0.447 e. The second-order valence-corrected chi connectivity index (χ2v) is 7.54. The fourth-order valence-electron chi connectivity index (χ4n) is 3.06. The van der Waals surface area contributed by atoms with Gasteiger partial charge in [-0.3, -0.25) is 9.69 Å². The maximum atomic E-state index is 12.0. The summed E-state index contributed by atoms with van der Waals surface area (Å²) >= 11 is 12.3. The number of benzene rings is 2. The van der Waals surface area contributed by atoms with Crippen molar-refractivity contribution in [3.63, 3.8) is 0 Å². The zero-order chi connectivity index (χ0) is 20.8. The molecule has 0 aliphatic heterocycles. The van der Waals surface area contributed by atoms with Crippen molar-refractivity contribution in [3.8, 4) is 0 Å². The third-order valence-corrected chi connectivity index (χ3v) is 5.40. The highest BCUT2D eigenvalue weighted by Crippen LogP contribution is 2.27. The Morgan fingerprint density at radius 1 is 1.14 bits per heavy atom. The average Bonchev–Trinajstić information content (AvgIpc) is 3.19. The Hall–Kier alpha value is -2.34. The molecule has 0 bridgehead atoms. The number of halogens is 2. The Morgan fingerprint density at radius 2 is 1.90 bits per heavy atom. The fraction of sp³-hybridized carbons (Fsp3) is 0.273. The summed E-state index contributed by atoms with van der Waals surface area (Å²) in [5.41, 5.74) is 2.48. The summed E-state index contributed by atoms with van der Waals surface area (Å²) in [5.74, 6) is 0.240. The summed E-state index contributed by atoms with van der Waals surface area (Å²) in [5, 5.41) is 3.77. The Kier molecular flexibility index (Phi) is 7.31. The van der Waals surface area contributed by atoms with Crippen LogP contribution in [-0.4, -0.2) is 22.3 Å². The lowest BCUT2D eigenvalue weighted by atomic mass is 10.1. The van der Waals surface area contributed by atoms with E-state index in [1.807, 2.05) is 37.3 Å². The van der Waals surface area contributed by atoms with Gasteiger partial charge in [0.2, 0.25) is 5.89 Å². The smallest absolute Gasteiger partial charge is 0.273 e. The van der Waals surface area contributed by atoms with Crippen molar-refractivity contribution in [1.82, 2.24) is 15.2 Å². The van der Waals surface area contributed by atoms with E-state index in [1.165, 1.54) is 11.8 Å². The third kappa shape index (κ3) is 5.60. The van der Waals surface area contributed by atoms with Gasteiger partial charge >= 0.3 is 0 Å². The van der Waals surface area contributed by atoms with E-state index in [4.69, 9.17) is 27.6 Å². The second-order valence-electron chi connectivity index (χ2n) is 6.73. The van der Waals surface area contributed by atoms with E-state index in [9.17, 15) is 4.79 Å². The number of hydrogen-bond acceptors (Lipinski definition) is 4. The molecule has 0 unspecified atom stereocenters. The van der Waals surface area contributed by atoms with Gasteiger partial charge in [-0.1, -0.05) is 59.6 Å². The molecule has 0 saturated heterocycles. The molecule has 1 heterocycles. The molecule has 1 atom stereocenters. The summed E-state index contributed by atoms with van der Waals surface area (Å²) < 4.78 is 5.57. The average molecular weight is 432 g/mol. The molecule has 3 rings (SSSR count). The predicted molar refractivity (Wildman–Crippen MR) is 115 cm³/mol. The minimum atomic E-state index is -0.241. The summed E-state index contributed by atoms with van der Waals surface area (Å²) in [6.45, 7) is 5.58. The number of aromatic nitrogens is 1. The second kappa shape index (κ2) is 9.92. The molecule has 1 amide bonds. The number of oxazole rings is 1. The molecule has 0 fully saturated rings. The van der Waals surface area contributed by atoms with Crippen LogP contribution in [0.4, 0.5) is 0 Å². The quantitative estimate of drug-likeness (QED) is 0.511. The van der Waals surface area contributed by atoms with Gasteiger partial charge in [-0.15, -0.1) is 0 Å². The van der Waals surface area contributed by atoms with Crippen LogP contribution in [0.2, 0.25) is 10.0 Å². The molecule has 3 aromatic rings. The minimum Gasteiger partial charge on any atom is -0.447 e. The molecular weight excluding hydrogens is 409 g/mol. The fourth-order valence-corrected chi connectivity index (χ4v) is 3.38. The van der Waals surface area contributed by atoms with Crippen LogP contribution >= 0.6 is 23.2 Å². The van der Waals surface area contributed by atoms with Gasteiger partial charge in [0, 0.05) is 19.1 Å². The van der Waals surface area contributed by atoms with E-state index in [-0.39, 0.29) is 17.6 Å². The first kappa shape index (κ1) is 21.4. The Balaban J connectivity index is 1.84. The van der Waals surface area contributed by atoms with Gasteiger partial charge in [0.1, 0.15) is 6.26 Å². The van der Waals surface area contributed by atoms with E-state index in [0.717, 1.165) is 5.56 Å². The zero-order valence-corrected chi connectivity index (χ0v) is 17.9. The predicted octanol–water partition coefficient (Wildman–Crippen LogP) is 5.49. The van der Waals surface area contributed by atoms with Crippen molar-refractivity contribution >= 4 is 29.1 Å². The van der Waals surface area contributed by atoms with Crippen LogP contribution in [0.15, 0.2) is 59.2 Å². The number of nitrogens with one attached hydrogen (secondary N) is 1.